The van der Waals surface area contributed by atoms with E-state index in [9.17, 15) is 0 Å². The molecule has 0 heterocycles. The lowest BCUT2D eigenvalue weighted by atomic mass is 10.2. The first-order chi connectivity index (χ1) is 6.27. The molecule has 13 heavy (non-hydrogen) atoms. The van der Waals surface area contributed by atoms with E-state index < -0.39 is 0 Å². The lowest BCUT2D eigenvalue weighted by molar-refractivity contribution is 0.0598. The molecule has 0 aromatic heterocycles. The summed E-state index contributed by atoms with van der Waals surface area (Å²) in [5.74, 6) is 0. The Bertz CT molecular complexity index is 139. The summed E-state index contributed by atoms with van der Waals surface area (Å²) in [7, 11) is 0. The summed E-state index contributed by atoms with van der Waals surface area (Å²) in [6.07, 6.45) is 8.95. The first-order valence-electron chi connectivity index (χ1n) is 4.79. The summed E-state index contributed by atoms with van der Waals surface area (Å²) in [4.78, 5) is 0. The molecular weight excluding hydrogens is 164 g/mol. The van der Waals surface area contributed by atoms with E-state index in [2.05, 4.69) is 12.7 Å². The van der Waals surface area contributed by atoms with Gasteiger partial charge >= 0.3 is 0 Å². The Balaban J connectivity index is 3.07. The van der Waals surface area contributed by atoms with Crippen molar-refractivity contribution in [3.8, 4) is 0 Å². The van der Waals surface area contributed by atoms with E-state index in [4.69, 9.17) is 9.84 Å². The van der Waals surface area contributed by atoms with Crippen LogP contribution in [0.2, 0.25) is 0 Å². The van der Waals surface area contributed by atoms with Gasteiger partial charge in [-0.05, 0) is 26.2 Å². The average molecular weight is 184 g/mol. The van der Waals surface area contributed by atoms with Crippen LogP contribution in [0.5, 0.6) is 0 Å². The van der Waals surface area contributed by atoms with Crippen LogP contribution in [0.15, 0.2) is 24.8 Å². The number of aliphatic hydroxyl groups is 1. The van der Waals surface area contributed by atoms with Gasteiger partial charge in [0.25, 0.3) is 0 Å². The average Bonchev–Trinajstić information content (AvgIpc) is 2.09. The molecule has 0 saturated heterocycles. The van der Waals surface area contributed by atoms with E-state index in [0.29, 0.717) is 13.2 Å². The quantitative estimate of drug-likeness (QED) is 0.463. The van der Waals surface area contributed by atoms with Gasteiger partial charge in [-0.2, -0.15) is 0 Å². The Hall–Kier alpha value is -0.600. The van der Waals surface area contributed by atoms with E-state index in [1.165, 1.54) is 0 Å². The van der Waals surface area contributed by atoms with Crippen LogP contribution in [0.25, 0.3) is 0 Å². The maximum Gasteiger partial charge on any atom is 0.0745 e. The second-order valence-corrected chi connectivity index (χ2v) is 3.08. The number of ether oxygens (including phenoxy) is 1. The minimum absolute atomic E-state index is 0.367. The summed E-state index contributed by atoms with van der Waals surface area (Å²) in [6.45, 7) is 6.38. The highest BCUT2D eigenvalue weighted by Crippen LogP contribution is 1.96. The van der Waals surface area contributed by atoms with Crippen molar-refractivity contribution in [2.75, 3.05) is 13.2 Å². The van der Waals surface area contributed by atoms with Crippen LogP contribution in [0.1, 0.15) is 26.2 Å². The van der Waals surface area contributed by atoms with Crippen molar-refractivity contribution in [3.05, 3.63) is 24.8 Å². The molecule has 1 atom stereocenters. The molecule has 0 amide bonds. The van der Waals surface area contributed by atoms with Gasteiger partial charge in [-0.15, -0.1) is 6.58 Å². The van der Waals surface area contributed by atoms with Crippen molar-refractivity contribution in [1.29, 1.82) is 0 Å². The molecule has 2 heteroatoms. The number of hydrogen-bond donors (Lipinski definition) is 1. The Morgan fingerprint density at radius 1 is 1.38 bits per heavy atom. The lowest BCUT2D eigenvalue weighted by Crippen LogP contribution is -2.09. The normalized spacial score (nSPS) is 13.4. The zero-order valence-corrected chi connectivity index (χ0v) is 8.41. The van der Waals surface area contributed by atoms with E-state index in [1.807, 2.05) is 12.2 Å². The molecule has 0 spiro atoms. The first kappa shape index (κ1) is 12.4. The van der Waals surface area contributed by atoms with Crippen molar-refractivity contribution in [2.24, 2.45) is 0 Å². The van der Waals surface area contributed by atoms with Gasteiger partial charge in [0.1, 0.15) is 0 Å². The van der Waals surface area contributed by atoms with Crippen LogP contribution in [0.3, 0.4) is 0 Å². The van der Waals surface area contributed by atoms with Gasteiger partial charge in [0.15, 0.2) is 0 Å². The van der Waals surface area contributed by atoms with Crippen molar-refractivity contribution in [1.82, 2.24) is 0 Å². The molecule has 1 N–H and O–H groups in total. The number of aliphatic hydroxyl groups excluding tert-OH is 1. The molecule has 1 unspecified atom stereocenters. The summed E-state index contributed by atoms with van der Waals surface area (Å²) in [5, 5.41) is 8.86. The summed E-state index contributed by atoms with van der Waals surface area (Å²) in [6, 6.07) is 0. The monoisotopic (exact) mass is 184 g/mol. The zero-order valence-electron chi connectivity index (χ0n) is 8.41. The van der Waals surface area contributed by atoms with Crippen LogP contribution in [0, 0.1) is 0 Å². The molecular formula is C11H20O2. The third-order valence-electron chi connectivity index (χ3n) is 1.52. The van der Waals surface area contributed by atoms with E-state index in [1.54, 1.807) is 6.92 Å². The maximum atomic E-state index is 8.86. The first-order valence-corrected chi connectivity index (χ1v) is 4.79. The van der Waals surface area contributed by atoms with Crippen LogP contribution in [-0.4, -0.2) is 24.4 Å². The molecule has 0 aliphatic heterocycles. The highest BCUT2D eigenvalue weighted by molar-refractivity contribution is 4.82. The van der Waals surface area contributed by atoms with Crippen molar-refractivity contribution >= 4 is 0 Å². The third-order valence-corrected chi connectivity index (χ3v) is 1.52. The van der Waals surface area contributed by atoms with Crippen LogP contribution < -0.4 is 0 Å². The molecule has 0 aliphatic carbocycles. The minimum Gasteiger partial charge on any atom is -0.391 e. The van der Waals surface area contributed by atoms with Gasteiger partial charge in [0, 0.05) is 0 Å². The van der Waals surface area contributed by atoms with E-state index in [-0.39, 0.29) is 6.10 Å². The summed E-state index contributed by atoms with van der Waals surface area (Å²) >= 11 is 0. The highest BCUT2D eigenvalue weighted by atomic mass is 16.5. The van der Waals surface area contributed by atoms with Crippen LogP contribution in [0.4, 0.5) is 0 Å². The van der Waals surface area contributed by atoms with Crippen molar-refractivity contribution in [2.45, 2.75) is 32.3 Å². The lowest BCUT2D eigenvalue weighted by Gasteiger charge is -2.02. The highest BCUT2D eigenvalue weighted by Gasteiger charge is 1.91. The molecule has 0 aromatic carbocycles. The topological polar surface area (TPSA) is 29.5 Å². The molecule has 0 radical (unpaired) electrons. The van der Waals surface area contributed by atoms with Crippen LogP contribution in [-0.2, 0) is 4.74 Å². The minimum atomic E-state index is -0.367. The Labute approximate surface area is 80.9 Å². The maximum absolute atomic E-state index is 8.86. The second-order valence-electron chi connectivity index (χ2n) is 3.08. The fraction of sp³-hybridized carbons (Fsp3) is 0.636. The van der Waals surface area contributed by atoms with Gasteiger partial charge < -0.3 is 9.84 Å². The molecule has 0 bridgehead atoms. The molecule has 2 nitrogen and oxygen atoms in total. The Kier molecular flexibility index (Phi) is 9.05. The number of hydrogen-bond acceptors (Lipinski definition) is 2. The molecule has 76 valence electrons. The van der Waals surface area contributed by atoms with Crippen molar-refractivity contribution in [3.63, 3.8) is 0 Å². The van der Waals surface area contributed by atoms with Gasteiger partial charge in [-0.1, -0.05) is 18.2 Å². The van der Waals surface area contributed by atoms with Gasteiger partial charge in [-0.3, -0.25) is 0 Å². The van der Waals surface area contributed by atoms with E-state index >= 15 is 0 Å². The standard InChI is InChI=1S/C11H20O2/c1-3-4-5-6-7-8-9-13-10-11(2)12/h3,7-8,11-12H,1,4-6,9-10H2,2H3/b8-7+. The largest absolute Gasteiger partial charge is 0.391 e. The van der Waals surface area contributed by atoms with Gasteiger partial charge in [0.05, 0.1) is 19.3 Å². The Morgan fingerprint density at radius 2 is 2.15 bits per heavy atom. The smallest absolute Gasteiger partial charge is 0.0745 e. The zero-order chi connectivity index (χ0) is 9.94. The molecule has 0 saturated carbocycles. The fourth-order valence-electron chi connectivity index (χ4n) is 0.873. The molecule has 0 aromatic rings. The van der Waals surface area contributed by atoms with Gasteiger partial charge in [-0.25, -0.2) is 0 Å². The second kappa shape index (κ2) is 9.49. The third kappa shape index (κ3) is 11.4. The fourth-order valence-corrected chi connectivity index (χ4v) is 0.873. The molecule has 0 rings (SSSR count). The molecule has 0 aliphatic rings. The Morgan fingerprint density at radius 3 is 2.77 bits per heavy atom. The summed E-state index contributed by atoms with van der Waals surface area (Å²) < 4.78 is 5.14. The number of rotatable bonds is 8. The van der Waals surface area contributed by atoms with E-state index in [0.717, 1.165) is 19.3 Å². The van der Waals surface area contributed by atoms with Gasteiger partial charge in [0.2, 0.25) is 0 Å². The summed E-state index contributed by atoms with van der Waals surface area (Å²) in [5.41, 5.74) is 0. The molecule has 0 fully saturated rings. The predicted molar refractivity (Wildman–Crippen MR) is 55.7 cm³/mol. The SMILES string of the molecule is C=CCCC/C=C/COCC(C)O. The van der Waals surface area contributed by atoms with Crippen LogP contribution >= 0.6 is 0 Å². The predicted octanol–water partition coefficient (Wildman–Crippen LogP) is 2.30. The number of allylic oxidation sites excluding steroid dienone is 2. The number of unbranched alkanes of at least 4 members (excludes halogenated alkanes) is 2. The van der Waals surface area contributed by atoms with Crippen molar-refractivity contribution < 1.29 is 9.84 Å².